The van der Waals surface area contributed by atoms with Crippen LogP contribution in [0.1, 0.15) is 44.9 Å². The van der Waals surface area contributed by atoms with E-state index in [0.29, 0.717) is 6.04 Å². The Balaban J connectivity index is 2.42. The fraction of sp³-hybridized carbons (Fsp3) is 0.688. The van der Waals surface area contributed by atoms with Crippen LogP contribution in [0.25, 0.3) is 0 Å². The van der Waals surface area contributed by atoms with Crippen molar-refractivity contribution in [1.82, 2.24) is 10.3 Å². The summed E-state index contributed by atoms with van der Waals surface area (Å²) in [4.78, 5) is 4.54. The Morgan fingerprint density at radius 2 is 2.05 bits per heavy atom. The van der Waals surface area contributed by atoms with Crippen molar-refractivity contribution in [2.45, 2.75) is 52.5 Å². The fourth-order valence-corrected chi connectivity index (χ4v) is 2.07. The molecule has 0 aromatic carbocycles. The van der Waals surface area contributed by atoms with Gasteiger partial charge in [-0.2, -0.15) is 0 Å². The minimum absolute atomic E-state index is 0.460. The third kappa shape index (κ3) is 6.69. The molecule has 1 unspecified atom stereocenters. The number of ether oxygens (including phenoxy) is 1. The Kier molecular flexibility index (Phi) is 8.43. The summed E-state index contributed by atoms with van der Waals surface area (Å²) in [5.74, 6) is 0. The molecule has 0 saturated carbocycles. The molecule has 0 saturated heterocycles. The molecule has 0 radical (unpaired) electrons. The summed E-state index contributed by atoms with van der Waals surface area (Å²) in [6, 6.07) is 4.79. The molecule has 0 aliphatic carbocycles. The average Bonchev–Trinajstić information content (AvgIpc) is 2.44. The topological polar surface area (TPSA) is 34.1 Å². The number of aryl methyl sites for hydroxylation is 1. The SMILES string of the molecule is CCCOCCC(Cc1ccc(CC)cn1)NCC. The lowest BCUT2D eigenvalue weighted by atomic mass is 10.1. The Morgan fingerprint density at radius 1 is 1.21 bits per heavy atom. The van der Waals surface area contributed by atoms with E-state index in [-0.39, 0.29) is 0 Å². The number of nitrogens with zero attached hydrogens (tertiary/aromatic N) is 1. The lowest BCUT2D eigenvalue weighted by molar-refractivity contribution is 0.124. The lowest BCUT2D eigenvalue weighted by Gasteiger charge is -2.17. The zero-order valence-electron chi connectivity index (χ0n) is 12.6. The first-order chi connectivity index (χ1) is 9.30. The van der Waals surface area contributed by atoms with E-state index in [1.165, 1.54) is 11.3 Å². The number of likely N-dealkylation sites (N-methyl/N-ethyl adjacent to an activating group) is 1. The van der Waals surface area contributed by atoms with Crippen molar-refractivity contribution in [2.75, 3.05) is 19.8 Å². The van der Waals surface area contributed by atoms with E-state index in [0.717, 1.165) is 45.4 Å². The molecule has 0 aliphatic heterocycles. The summed E-state index contributed by atoms with van der Waals surface area (Å²) < 4.78 is 5.57. The van der Waals surface area contributed by atoms with Crippen LogP contribution in [0.4, 0.5) is 0 Å². The molecule has 108 valence electrons. The van der Waals surface area contributed by atoms with Crippen LogP contribution >= 0.6 is 0 Å². The monoisotopic (exact) mass is 264 g/mol. The van der Waals surface area contributed by atoms with Crippen LogP contribution in [-0.2, 0) is 17.6 Å². The zero-order valence-corrected chi connectivity index (χ0v) is 12.6. The predicted molar refractivity (Wildman–Crippen MR) is 80.5 cm³/mol. The van der Waals surface area contributed by atoms with Crippen LogP contribution < -0.4 is 5.32 Å². The van der Waals surface area contributed by atoms with Crippen LogP contribution in [0.5, 0.6) is 0 Å². The zero-order chi connectivity index (χ0) is 13.9. The lowest BCUT2D eigenvalue weighted by Crippen LogP contribution is -2.32. The number of aromatic nitrogens is 1. The van der Waals surface area contributed by atoms with E-state index in [9.17, 15) is 0 Å². The summed E-state index contributed by atoms with van der Waals surface area (Å²) in [6.07, 6.45) is 6.16. The Bertz CT molecular complexity index is 324. The van der Waals surface area contributed by atoms with Gasteiger partial charge in [0.2, 0.25) is 0 Å². The molecule has 0 amide bonds. The molecule has 0 aliphatic rings. The Morgan fingerprint density at radius 3 is 2.63 bits per heavy atom. The highest BCUT2D eigenvalue weighted by atomic mass is 16.5. The molecule has 0 fully saturated rings. The molecule has 1 N–H and O–H groups in total. The van der Waals surface area contributed by atoms with Gasteiger partial charge in [0.25, 0.3) is 0 Å². The molecule has 1 rings (SSSR count). The van der Waals surface area contributed by atoms with Gasteiger partial charge in [-0.25, -0.2) is 0 Å². The number of rotatable bonds is 10. The molecular formula is C16H28N2O. The van der Waals surface area contributed by atoms with Gasteiger partial charge < -0.3 is 10.1 Å². The second-order valence-electron chi connectivity index (χ2n) is 4.87. The van der Waals surface area contributed by atoms with E-state index >= 15 is 0 Å². The molecule has 3 heteroatoms. The average molecular weight is 264 g/mol. The van der Waals surface area contributed by atoms with Crippen LogP contribution in [-0.4, -0.2) is 30.8 Å². The molecular weight excluding hydrogens is 236 g/mol. The predicted octanol–water partition coefficient (Wildman–Crippen LogP) is 2.98. The van der Waals surface area contributed by atoms with E-state index in [2.05, 4.69) is 43.2 Å². The summed E-state index contributed by atoms with van der Waals surface area (Å²) in [6.45, 7) is 9.13. The van der Waals surface area contributed by atoms with Gasteiger partial charge in [-0.05, 0) is 37.4 Å². The first-order valence-electron chi connectivity index (χ1n) is 7.55. The van der Waals surface area contributed by atoms with E-state index in [1.54, 1.807) is 0 Å². The number of hydrogen-bond acceptors (Lipinski definition) is 3. The normalized spacial score (nSPS) is 12.6. The van der Waals surface area contributed by atoms with Crippen LogP contribution in [0, 0.1) is 0 Å². The number of nitrogens with one attached hydrogen (secondary N) is 1. The number of pyridine rings is 1. The number of hydrogen-bond donors (Lipinski definition) is 1. The first-order valence-corrected chi connectivity index (χ1v) is 7.55. The van der Waals surface area contributed by atoms with Crippen LogP contribution in [0.3, 0.4) is 0 Å². The van der Waals surface area contributed by atoms with Crippen molar-refractivity contribution in [2.24, 2.45) is 0 Å². The maximum Gasteiger partial charge on any atom is 0.0480 e. The third-order valence-corrected chi connectivity index (χ3v) is 3.20. The molecule has 1 aromatic heterocycles. The standard InChI is InChI=1S/C16H28N2O/c1-4-10-19-11-9-16(17-6-3)12-15-8-7-14(5-2)13-18-15/h7-8,13,16-17H,4-6,9-12H2,1-3H3. The van der Waals surface area contributed by atoms with Gasteiger partial charge in [0.1, 0.15) is 0 Å². The molecule has 1 heterocycles. The molecule has 3 nitrogen and oxygen atoms in total. The summed E-state index contributed by atoms with van der Waals surface area (Å²) in [5, 5.41) is 3.52. The van der Waals surface area contributed by atoms with Gasteiger partial charge in [0, 0.05) is 37.6 Å². The van der Waals surface area contributed by atoms with Gasteiger partial charge in [0.05, 0.1) is 0 Å². The highest BCUT2D eigenvalue weighted by Gasteiger charge is 2.09. The molecule has 0 spiro atoms. The smallest absolute Gasteiger partial charge is 0.0480 e. The summed E-state index contributed by atoms with van der Waals surface area (Å²) >= 11 is 0. The molecule has 1 aromatic rings. The summed E-state index contributed by atoms with van der Waals surface area (Å²) in [7, 11) is 0. The van der Waals surface area contributed by atoms with Crippen LogP contribution in [0.2, 0.25) is 0 Å². The second kappa shape index (κ2) is 9.93. The van der Waals surface area contributed by atoms with Crippen molar-refractivity contribution < 1.29 is 4.74 Å². The van der Waals surface area contributed by atoms with Crippen molar-refractivity contribution >= 4 is 0 Å². The van der Waals surface area contributed by atoms with Gasteiger partial charge in [-0.15, -0.1) is 0 Å². The van der Waals surface area contributed by atoms with Gasteiger partial charge >= 0.3 is 0 Å². The first kappa shape index (κ1) is 16.1. The van der Waals surface area contributed by atoms with E-state index < -0.39 is 0 Å². The van der Waals surface area contributed by atoms with Gasteiger partial charge in [-0.3, -0.25) is 4.98 Å². The molecule has 1 atom stereocenters. The Hall–Kier alpha value is -0.930. The summed E-state index contributed by atoms with van der Waals surface area (Å²) in [5.41, 5.74) is 2.47. The van der Waals surface area contributed by atoms with Crippen molar-refractivity contribution in [3.05, 3.63) is 29.6 Å². The molecule has 19 heavy (non-hydrogen) atoms. The highest BCUT2D eigenvalue weighted by Crippen LogP contribution is 2.06. The Labute approximate surface area is 117 Å². The highest BCUT2D eigenvalue weighted by molar-refractivity contribution is 5.14. The minimum Gasteiger partial charge on any atom is -0.381 e. The maximum absolute atomic E-state index is 5.57. The van der Waals surface area contributed by atoms with Gasteiger partial charge in [0.15, 0.2) is 0 Å². The van der Waals surface area contributed by atoms with E-state index in [1.807, 2.05) is 6.20 Å². The van der Waals surface area contributed by atoms with Crippen molar-refractivity contribution in [3.63, 3.8) is 0 Å². The minimum atomic E-state index is 0.460. The fourth-order valence-electron chi connectivity index (χ4n) is 2.07. The largest absolute Gasteiger partial charge is 0.381 e. The van der Waals surface area contributed by atoms with Crippen LogP contribution in [0.15, 0.2) is 18.3 Å². The maximum atomic E-state index is 5.57. The van der Waals surface area contributed by atoms with Gasteiger partial charge in [-0.1, -0.05) is 26.8 Å². The third-order valence-electron chi connectivity index (χ3n) is 3.20. The van der Waals surface area contributed by atoms with Crippen molar-refractivity contribution in [1.29, 1.82) is 0 Å². The van der Waals surface area contributed by atoms with Crippen molar-refractivity contribution in [3.8, 4) is 0 Å². The quantitative estimate of drug-likeness (QED) is 0.660. The second-order valence-corrected chi connectivity index (χ2v) is 4.87. The molecule has 0 bridgehead atoms. The van der Waals surface area contributed by atoms with E-state index in [4.69, 9.17) is 4.74 Å².